The predicted octanol–water partition coefficient (Wildman–Crippen LogP) is 4.84. The highest BCUT2D eigenvalue weighted by Gasteiger charge is 2.32. The topological polar surface area (TPSA) is 12.0 Å². The van der Waals surface area contributed by atoms with Crippen molar-refractivity contribution in [2.24, 2.45) is 11.8 Å². The van der Waals surface area contributed by atoms with Gasteiger partial charge in [-0.2, -0.15) is 0 Å². The first-order valence-corrected chi connectivity index (χ1v) is 7.88. The Balaban J connectivity index is 2.13. The van der Waals surface area contributed by atoms with Crippen molar-refractivity contribution in [1.29, 1.82) is 0 Å². The van der Waals surface area contributed by atoms with Gasteiger partial charge in [-0.3, -0.25) is 0 Å². The standard InChI is InChI=1S/C19H25N/c1-13-7-6-10-16(13)19(20-3)18-14(2)11-12-15-8-4-5-9-17(15)18/h4-5,8-9,11-13,16,19-20H,6-7,10H2,1-3H3. The molecule has 3 atom stereocenters. The second kappa shape index (κ2) is 5.57. The number of fused-ring (bicyclic) bond motifs is 1. The Morgan fingerprint density at radius 2 is 1.90 bits per heavy atom. The van der Waals surface area contributed by atoms with E-state index in [-0.39, 0.29) is 0 Å². The van der Waals surface area contributed by atoms with Gasteiger partial charge < -0.3 is 5.32 Å². The zero-order valence-electron chi connectivity index (χ0n) is 12.8. The zero-order valence-corrected chi connectivity index (χ0v) is 12.8. The van der Waals surface area contributed by atoms with Crippen molar-refractivity contribution in [2.45, 2.75) is 39.2 Å². The summed E-state index contributed by atoms with van der Waals surface area (Å²) in [7, 11) is 2.12. The number of aryl methyl sites for hydroxylation is 1. The molecule has 1 aliphatic rings. The predicted molar refractivity (Wildman–Crippen MR) is 87.0 cm³/mol. The summed E-state index contributed by atoms with van der Waals surface area (Å²) in [6.07, 6.45) is 4.12. The highest BCUT2D eigenvalue weighted by molar-refractivity contribution is 5.87. The number of hydrogen-bond acceptors (Lipinski definition) is 1. The molecule has 2 aromatic carbocycles. The van der Waals surface area contributed by atoms with Crippen LogP contribution in [0.15, 0.2) is 36.4 Å². The first-order chi connectivity index (χ1) is 9.72. The Labute approximate surface area is 122 Å². The molecule has 0 aliphatic heterocycles. The van der Waals surface area contributed by atoms with Crippen molar-refractivity contribution in [3.8, 4) is 0 Å². The average molecular weight is 267 g/mol. The van der Waals surface area contributed by atoms with Crippen LogP contribution in [0.4, 0.5) is 0 Å². The Kier molecular flexibility index (Phi) is 3.80. The molecule has 106 valence electrons. The molecule has 20 heavy (non-hydrogen) atoms. The van der Waals surface area contributed by atoms with Crippen molar-refractivity contribution < 1.29 is 0 Å². The Bertz CT molecular complexity index is 602. The van der Waals surface area contributed by atoms with Gasteiger partial charge in [0, 0.05) is 6.04 Å². The molecule has 3 rings (SSSR count). The number of nitrogens with one attached hydrogen (secondary N) is 1. The van der Waals surface area contributed by atoms with Crippen LogP contribution in [0.5, 0.6) is 0 Å². The Morgan fingerprint density at radius 3 is 2.60 bits per heavy atom. The van der Waals surface area contributed by atoms with Gasteiger partial charge in [0.1, 0.15) is 0 Å². The van der Waals surface area contributed by atoms with E-state index in [0.29, 0.717) is 6.04 Å². The van der Waals surface area contributed by atoms with Crippen LogP contribution in [0.3, 0.4) is 0 Å². The van der Waals surface area contributed by atoms with Gasteiger partial charge in [-0.15, -0.1) is 0 Å². The fraction of sp³-hybridized carbons (Fsp3) is 0.474. The van der Waals surface area contributed by atoms with Crippen molar-refractivity contribution in [1.82, 2.24) is 5.32 Å². The maximum absolute atomic E-state index is 3.62. The summed E-state index contributed by atoms with van der Waals surface area (Å²) >= 11 is 0. The molecule has 0 amide bonds. The SMILES string of the molecule is CNC(c1c(C)ccc2ccccc12)C1CCCC1C. The lowest BCUT2D eigenvalue weighted by atomic mass is 9.82. The second-order valence-corrected chi connectivity index (χ2v) is 6.36. The van der Waals surface area contributed by atoms with Gasteiger partial charge >= 0.3 is 0 Å². The van der Waals surface area contributed by atoms with Crippen molar-refractivity contribution >= 4 is 10.8 Å². The Hall–Kier alpha value is -1.34. The molecule has 1 fully saturated rings. The van der Waals surface area contributed by atoms with Crippen LogP contribution in [0.25, 0.3) is 10.8 Å². The van der Waals surface area contributed by atoms with E-state index in [9.17, 15) is 0 Å². The molecule has 0 aromatic heterocycles. The normalized spacial score (nSPS) is 24.1. The summed E-state index contributed by atoms with van der Waals surface area (Å²) in [5.74, 6) is 1.59. The fourth-order valence-electron chi connectivity index (χ4n) is 4.06. The first kappa shape index (κ1) is 13.6. The monoisotopic (exact) mass is 267 g/mol. The molecule has 0 bridgehead atoms. The van der Waals surface area contributed by atoms with E-state index >= 15 is 0 Å². The molecule has 0 spiro atoms. The quantitative estimate of drug-likeness (QED) is 0.838. The minimum atomic E-state index is 0.485. The van der Waals surface area contributed by atoms with Gasteiger partial charge in [0.25, 0.3) is 0 Å². The lowest BCUT2D eigenvalue weighted by Crippen LogP contribution is -2.27. The van der Waals surface area contributed by atoms with Crippen LogP contribution in [0, 0.1) is 18.8 Å². The summed E-state index contributed by atoms with van der Waals surface area (Å²) in [6, 6.07) is 13.8. The van der Waals surface area contributed by atoms with Crippen LogP contribution in [0.1, 0.15) is 43.4 Å². The molecule has 1 saturated carbocycles. The van der Waals surface area contributed by atoms with Crippen LogP contribution >= 0.6 is 0 Å². The van der Waals surface area contributed by atoms with Crippen molar-refractivity contribution in [2.75, 3.05) is 7.05 Å². The van der Waals surface area contributed by atoms with E-state index in [1.54, 1.807) is 0 Å². The summed E-state index contributed by atoms with van der Waals surface area (Å²) in [5.41, 5.74) is 2.94. The minimum absolute atomic E-state index is 0.485. The van der Waals surface area contributed by atoms with Gasteiger partial charge in [0.05, 0.1) is 0 Å². The molecule has 1 N–H and O–H groups in total. The van der Waals surface area contributed by atoms with E-state index in [4.69, 9.17) is 0 Å². The van der Waals surface area contributed by atoms with E-state index < -0.39 is 0 Å². The van der Waals surface area contributed by atoms with E-state index in [0.717, 1.165) is 11.8 Å². The summed E-state index contributed by atoms with van der Waals surface area (Å²) in [6.45, 7) is 4.67. The van der Waals surface area contributed by atoms with Gasteiger partial charge in [-0.25, -0.2) is 0 Å². The third-order valence-electron chi connectivity index (χ3n) is 5.17. The Morgan fingerprint density at radius 1 is 1.10 bits per heavy atom. The van der Waals surface area contributed by atoms with Crippen LogP contribution < -0.4 is 5.32 Å². The molecule has 1 nitrogen and oxygen atoms in total. The van der Waals surface area contributed by atoms with E-state index in [2.05, 4.69) is 62.6 Å². The maximum atomic E-state index is 3.62. The number of benzene rings is 2. The molecular weight excluding hydrogens is 242 g/mol. The molecule has 1 aliphatic carbocycles. The van der Waals surface area contributed by atoms with Crippen LogP contribution in [-0.2, 0) is 0 Å². The van der Waals surface area contributed by atoms with Gasteiger partial charge in [0.2, 0.25) is 0 Å². The smallest absolute Gasteiger partial charge is 0.0357 e. The molecular formula is C19H25N. The van der Waals surface area contributed by atoms with E-state index in [1.807, 2.05) is 0 Å². The fourth-order valence-corrected chi connectivity index (χ4v) is 4.06. The minimum Gasteiger partial charge on any atom is -0.313 e. The third-order valence-corrected chi connectivity index (χ3v) is 5.17. The molecule has 3 unspecified atom stereocenters. The lowest BCUT2D eigenvalue weighted by Gasteiger charge is -2.29. The number of rotatable bonds is 3. The summed E-state index contributed by atoms with van der Waals surface area (Å²) < 4.78 is 0. The second-order valence-electron chi connectivity index (χ2n) is 6.36. The highest BCUT2D eigenvalue weighted by Crippen LogP contribution is 2.42. The van der Waals surface area contributed by atoms with Crippen molar-refractivity contribution in [3.05, 3.63) is 47.5 Å². The average Bonchev–Trinajstić information content (AvgIpc) is 2.88. The maximum Gasteiger partial charge on any atom is 0.0357 e. The van der Waals surface area contributed by atoms with E-state index in [1.165, 1.54) is 41.2 Å². The molecule has 2 aromatic rings. The van der Waals surface area contributed by atoms with Crippen molar-refractivity contribution in [3.63, 3.8) is 0 Å². The molecule has 0 saturated heterocycles. The third kappa shape index (κ3) is 2.25. The first-order valence-electron chi connectivity index (χ1n) is 7.88. The zero-order chi connectivity index (χ0) is 14.1. The highest BCUT2D eigenvalue weighted by atomic mass is 14.9. The van der Waals surface area contributed by atoms with Crippen LogP contribution in [-0.4, -0.2) is 7.05 Å². The van der Waals surface area contributed by atoms with Gasteiger partial charge in [-0.1, -0.05) is 56.2 Å². The van der Waals surface area contributed by atoms with Gasteiger partial charge in [-0.05, 0) is 54.1 Å². The molecule has 0 radical (unpaired) electrons. The summed E-state index contributed by atoms with van der Waals surface area (Å²) in [4.78, 5) is 0. The summed E-state index contributed by atoms with van der Waals surface area (Å²) in [5, 5.41) is 6.41. The molecule has 0 heterocycles. The molecule has 1 heteroatoms. The number of hydrogen-bond donors (Lipinski definition) is 1. The lowest BCUT2D eigenvalue weighted by molar-refractivity contribution is 0.316. The van der Waals surface area contributed by atoms with Gasteiger partial charge in [0.15, 0.2) is 0 Å². The largest absolute Gasteiger partial charge is 0.313 e. The van der Waals surface area contributed by atoms with Crippen LogP contribution in [0.2, 0.25) is 0 Å².